The van der Waals surface area contributed by atoms with E-state index in [0.717, 1.165) is 16.2 Å². The summed E-state index contributed by atoms with van der Waals surface area (Å²) >= 11 is 6.06. The fourth-order valence-corrected chi connectivity index (χ4v) is 3.60. The summed E-state index contributed by atoms with van der Waals surface area (Å²) < 4.78 is 1.59. The van der Waals surface area contributed by atoms with Crippen LogP contribution in [0.2, 0.25) is 5.02 Å². The van der Waals surface area contributed by atoms with E-state index < -0.39 is 0 Å². The van der Waals surface area contributed by atoms with E-state index in [4.69, 9.17) is 11.6 Å². The van der Waals surface area contributed by atoms with Gasteiger partial charge in [0.2, 0.25) is 5.91 Å². The molecular weight excluding hydrogens is 404 g/mol. The van der Waals surface area contributed by atoms with Crippen LogP contribution in [-0.4, -0.2) is 38.9 Å². The van der Waals surface area contributed by atoms with Crippen LogP contribution in [0.3, 0.4) is 0 Å². The highest BCUT2D eigenvalue weighted by atomic mass is 35.5. The minimum Gasteiger partial charge on any atom is -0.311 e. The zero-order valence-electron chi connectivity index (χ0n) is 16.5. The van der Waals surface area contributed by atoms with Crippen molar-refractivity contribution in [2.24, 2.45) is 0 Å². The maximum Gasteiger partial charge on any atom is 0.261 e. The molecule has 0 bridgehead atoms. The molecule has 2 aromatic carbocycles. The van der Waals surface area contributed by atoms with E-state index in [1.807, 2.05) is 19.9 Å². The quantitative estimate of drug-likeness (QED) is 0.634. The first kappa shape index (κ1) is 19.8. The normalized spacial score (nSPS) is 13.0. The van der Waals surface area contributed by atoms with Gasteiger partial charge in [0.25, 0.3) is 11.8 Å². The number of rotatable bonds is 5. The summed E-state index contributed by atoms with van der Waals surface area (Å²) in [4.78, 5) is 38.7. The Morgan fingerprint density at radius 1 is 1.03 bits per heavy atom. The number of hydrogen-bond donors (Lipinski definition) is 1. The molecule has 2 heterocycles. The summed E-state index contributed by atoms with van der Waals surface area (Å²) in [6.45, 7) is 3.68. The number of nitrogens with zero attached hydrogens (tertiary/aromatic N) is 3. The largest absolute Gasteiger partial charge is 0.311 e. The van der Waals surface area contributed by atoms with Crippen LogP contribution < -0.4 is 5.32 Å². The Hall–Kier alpha value is -3.45. The third kappa shape index (κ3) is 3.71. The average Bonchev–Trinajstić information content (AvgIpc) is 3.17. The lowest BCUT2D eigenvalue weighted by molar-refractivity contribution is -0.116. The van der Waals surface area contributed by atoms with Crippen LogP contribution in [0.15, 0.2) is 48.5 Å². The summed E-state index contributed by atoms with van der Waals surface area (Å²) in [6, 6.07) is 14.0. The average molecular weight is 423 g/mol. The Balaban J connectivity index is 1.46. The smallest absolute Gasteiger partial charge is 0.261 e. The highest BCUT2D eigenvalue weighted by Crippen LogP contribution is 2.24. The number of anilines is 1. The number of imide groups is 1. The molecule has 3 aromatic rings. The van der Waals surface area contributed by atoms with Gasteiger partial charge < -0.3 is 5.32 Å². The van der Waals surface area contributed by atoms with E-state index in [2.05, 4.69) is 10.4 Å². The lowest BCUT2D eigenvalue weighted by Gasteiger charge is -2.14. The molecule has 3 amide bonds. The zero-order chi connectivity index (χ0) is 21.4. The molecule has 0 atom stereocenters. The molecule has 0 unspecified atom stereocenters. The van der Waals surface area contributed by atoms with E-state index in [1.54, 1.807) is 47.1 Å². The standard InChI is InChI=1S/C22H19ClN4O3/c1-13-6-7-17-18(10-13)22(30)26(21(17)29)9-8-20(28)24-19-11-14(2)25-27(19)16-5-3-4-15(23)12-16/h3-7,10-12H,8-9H2,1-2H3,(H,24,28). The molecule has 1 aliphatic rings. The Labute approximate surface area is 178 Å². The van der Waals surface area contributed by atoms with Gasteiger partial charge in [-0.1, -0.05) is 29.3 Å². The predicted molar refractivity (Wildman–Crippen MR) is 113 cm³/mol. The minimum absolute atomic E-state index is 0.00150. The van der Waals surface area contributed by atoms with Crippen LogP contribution in [0.1, 0.15) is 38.4 Å². The second-order valence-corrected chi connectivity index (χ2v) is 7.61. The van der Waals surface area contributed by atoms with Crippen molar-refractivity contribution in [1.82, 2.24) is 14.7 Å². The van der Waals surface area contributed by atoms with Crippen LogP contribution in [0.25, 0.3) is 5.69 Å². The molecule has 30 heavy (non-hydrogen) atoms. The van der Waals surface area contributed by atoms with Crippen molar-refractivity contribution < 1.29 is 14.4 Å². The number of amides is 3. The highest BCUT2D eigenvalue weighted by molar-refractivity contribution is 6.30. The van der Waals surface area contributed by atoms with E-state index in [0.29, 0.717) is 27.7 Å². The Kier molecular flexibility index (Phi) is 5.13. The van der Waals surface area contributed by atoms with Gasteiger partial charge in [-0.15, -0.1) is 0 Å². The van der Waals surface area contributed by atoms with Gasteiger partial charge in [0.1, 0.15) is 5.82 Å². The summed E-state index contributed by atoms with van der Waals surface area (Å²) in [5, 5.41) is 7.75. The molecule has 0 radical (unpaired) electrons. The first-order valence-electron chi connectivity index (χ1n) is 9.43. The Morgan fingerprint density at radius 2 is 1.80 bits per heavy atom. The molecular formula is C22H19ClN4O3. The van der Waals surface area contributed by atoms with Gasteiger partial charge in [0.15, 0.2) is 0 Å². The summed E-state index contributed by atoms with van der Waals surface area (Å²) in [5.74, 6) is -0.586. The summed E-state index contributed by atoms with van der Waals surface area (Å²) in [5.41, 5.74) is 3.09. The topological polar surface area (TPSA) is 84.3 Å². The zero-order valence-corrected chi connectivity index (χ0v) is 17.2. The van der Waals surface area contributed by atoms with Gasteiger partial charge in [-0.2, -0.15) is 5.10 Å². The van der Waals surface area contributed by atoms with Crippen LogP contribution in [-0.2, 0) is 4.79 Å². The number of carbonyl (C=O) groups is 3. The number of hydrogen-bond acceptors (Lipinski definition) is 4. The Bertz CT molecular complexity index is 1180. The number of aromatic nitrogens is 2. The second-order valence-electron chi connectivity index (χ2n) is 7.17. The SMILES string of the molecule is Cc1ccc2c(c1)C(=O)N(CCC(=O)Nc1cc(C)nn1-c1cccc(Cl)c1)C2=O. The molecule has 1 N–H and O–H groups in total. The molecule has 0 spiro atoms. The summed E-state index contributed by atoms with van der Waals surface area (Å²) in [7, 11) is 0. The lowest BCUT2D eigenvalue weighted by Crippen LogP contribution is -2.33. The molecule has 152 valence electrons. The van der Waals surface area contributed by atoms with Crippen LogP contribution in [0, 0.1) is 13.8 Å². The number of halogens is 1. The highest BCUT2D eigenvalue weighted by Gasteiger charge is 2.35. The van der Waals surface area contributed by atoms with Crippen molar-refractivity contribution in [1.29, 1.82) is 0 Å². The number of nitrogens with one attached hydrogen (secondary N) is 1. The third-order valence-electron chi connectivity index (χ3n) is 4.84. The van der Waals surface area contributed by atoms with Gasteiger partial charge in [-0.3, -0.25) is 19.3 Å². The molecule has 4 rings (SSSR count). The molecule has 0 fully saturated rings. The van der Waals surface area contributed by atoms with Gasteiger partial charge in [0, 0.05) is 24.1 Å². The van der Waals surface area contributed by atoms with Crippen LogP contribution >= 0.6 is 11.6 Å². The van der Waals surface area contributed by atoms with Gasteiger partial charge in [-0.25, -0.2) is 4.68 Å². The first-order chi connectivity index (χ1) is 14.3. The van der Waals surface area contributed by atoms with Crippen molar-refractivity contribution in [3.63, 3.8) is 0 Å². The van der Waals surface area contributed by atoms with Crippen molar-refractivity contribution >= 4 is 35.1 Å². The molecule has 0 saturated heterocycles. The van der Waals surface area contributed by atoms with E-state index in [1.165, 1.54) is 0 Å². The van der Waals surface area contributed by atoms with E-state index in [-0.39, 0.29) is 30.7 Å². The van der Waals surface area contributed by atoms with Crippen molar-refractivity contribution in [2.75, 3.05) is 11.9 Å². The predicted octanol–water partition coefficient (Wildman–Crippen LogP) is 3.77. The number of carbonyl (C=O) groups excluding carboxylic acids is 3. The monoisotopic (exact) mass is 422 g/mol. The number of benzene rings is 2. The van der Waals surface area contributed by atoms with Crippen LogP contribution in [0.4, 0.5) is 5.82 Å². The Morgan fingerprint density at radius 3 is 2.57 bits per heavy atom. The molecule has 0 saturated carbocycles. The van der Waals surface area contributed by atoms with Gasteiger partial charge >= 0.3 is 0 Å². The first-order valence-corrected chi connectivity index (χ1v) is 9.80. The molecule has 1 aromatic heterocycles. The number of aryl methyl sites for hydroxylation is 2. The van der Waals surface area contributed by atoms with Crippen LogP contribution in [0.5, 0.6) is 0 Å². The van der Waals surface area contributed by atoms with E-state index in [9.17, 15) is 14.4 Å². The van der Waals surface area contributed by atoms with Crippen molar-refractivity contribution in [3.8, 4) is 5.69 Å². The fraction of sp³-hybridized carbons (Fsp3) is 0.182. The van der Waals surface area contributed by atoms with E-state index >= 15 is 0 Å². The maximum absolute atomic E-state index is 12.6. The van der Waals surface area contributed by atoms with Gasteiger partial charge in [-0.05, 0) is 44.2 Å². The molecule has 7 nitrogen and oxygen atoms in total. The molecule has 0 aliphatic carbocycles. The third-order valence-corrected chi connectivity index (χ3v) is 5.08. The summed E-state index contributed by atoms with van der Waals surface area (Å²) in [6.07, 6.45) is -0.0236. The fourth-order valence-electron chi connectivity index (χ4n) is 3.42. The second kappa shape index (κ2) is 7.76. The lowest BCUT2D eigenvalue weighted by atomic mass is 10.1. The van der Waals surface area contributed by atoms with Gasteiger partial charge in [0.05, 0.1) is 22.5 Å². The maximum atomic E-state index is 12.6. The molecule has 1 aliphatic heterocycles. The molecule has 8 heteroatoms. The minimum atomic E-state index is -0.373. The van der Waals surface area contributed by atoms with Crippen molar-refractivity contribution in [2.45, 2.75) is 20.3 Å². The number of fused-ring (bicyclic) bond motifs is 1. The van der Waals surface area contributed by atoms with Crippen molar-refractivity contribution in [3.05, 3.63) is 75.9 Å².